The van der Waals surface area contributed by atoms with Crippen LogP contribution in [0.3, 0.4) is 0 Å². The first-order valence-corrected chi connectivity index (χ1v) is 9.22. The second kappa shape index (κ2) is 8.45. The molecule has 0 atom stereocenters. The quantitative estimate of drug-likeness (QED) is 0.616. The number of ether oxygens (including phenoxy) is 2. The molecule has 128 valence electrons. The van der Waals surface area contributed by atoms with E-state index in [0.717, 1.165) is 37.5 Å². The lowest BCUT2D eigenvalue weighted by Crippen LogP contribution is -2.37. The van der Waals surface area contributed by atoms with Crippen molar-refractivity contribution in [1.29, 1.82) is 0 Å². The number of guanidine groups is 1. The van der Waals surface area contributed by atoms with Crippen molar-refractivity contribution in [3.63, 3.8) is 0 Å². The highest BCUT2D eigenvalue weighted by Crippen LogP contribution is 2.34. The van der Waals surface area contributed by atoms with Crippen molar-refractivity contribution < 1.29 is 9.47 Å². The van der Waals surface area contributed by atoms with Gasteiger partial charge in [0.05, 0.1) is 12.6 Å². The highest BCUT2D eigenvalue weighted by molar-refractivity contribution is 8.00. The fourth-order valence-electron chi connectivity index (χ4n) is 2.48. The van der Waals surface area contributed by atoms with Crippen molar-refractivity contribution in [1.82, 2.24) is 0 Å². The van der Waals surface area contributed by atoms with Gasteiger partial charge in [0.2, 0.25) is 0 Å². The fourth-order valence-corrected chi connectivity index (χ4v) is 3.24. The van der Waals surface area contributed by atoms with Crippen molar-refractivity contribution >= 4 is 23.4 Å². The molecule has 0 spiro atoms. The van der Waals surface area contributed by atoms with Crippen LogP contribution >= 0.6 is 11.8 Å². The number of nitrogens with zero attached hydrogens (tertiary/aromatic N) is 1. The minimum Gasteiger partial charge on any atom is -0.491 e. The third kappa shape index (κ3) is 5.62. The van der Waals surface area contributed by atoms with E-state index in [0.29, 0.717) is 12.5 Å². The SMILES string of the molecule is CSC1(CN=C(N)Nc2ccc(OC(C)C)cc2)CCOCC1. The Morgan fingerprint density at radius 2 is 2.00 bits per heavy atom. The monoisotopic (exact) mass is 337 g/mol. The minimum atomic E-state index is 0.152. The van der Waals surface area contributed by atoms with Gasteiger partial charge in [0.1, 0.15) is 5.75 Å². The Morgan fingerprint density at radius 1 is 1.35 bits per heavy atom. The maximum absolute atomic E-state index is 6.02. The molecule has 1 heterocycles. The average molecular weight is 337 g/mol. The van der Waals surface area contributed by atoms with Crippen LogP contribution in [0.5, 0.6) is 5.75 Å². The zero-order chi connectivity index (χ0) is 16.7. The molecule has 6 heteroatoms. The normalized spacial score (nSPS) is 18.0. The largest absolute Gasteiger partial charge is 0.491 e. The van der Waals surface area contributed by atoms with E-state index in [4.69, 9.17) is 15.2 Å². The fraction of sp³-hybridized carbons (Fsp3) is 0.588. The summed E-state index contributed by atoms with van der Waals surface area (Å²) in [5.41, 5.74) is 6.93. The summed E-state index contributed by atoms with van der Waals surface area (Å²) in [5.74, 6) is 1.30. The van der Waals surface area contributed by atoms with E-state index in [1.54, 1.807) is 0 Å². The molecule has 1 aromatic rings. The van der Waals surface area contributed by atoms with Gasteiger partial charge in [0.15, 0.2) is 5.96 Å². The highest BCUT2D eigenvalue weighted by Gasteiger charge is 2.31. The number of hydrogen-bond donors (Lipinski definition) is 2. The topological polar surface area (TPSA) is 68.9 Å². The van der Waals surface area contributed by atoms with Gasteiger partial charge in [0.25, 0.3) is 0 Å². The van der Waals surface area contributed by atoms with Crippen LogP contribution in [0.2, 0.25) is 0 Å². The summed E-state index contributed by atoms with van der Waals surface area (Å²) in [7, 11) is 0. The molecule has 23 heavy (non-hydrogen) atoms. The van der Waals surface area contributed by atoms with Crippen LogP contribution in [-0.2, 0) is 4.74 Å². The molecule has 1 saturated heterocycles. The summed E-state index contributed by atoms with van der Waals surface area (Å²) in [6.07, 6.45) is 4.35. The number of benzene rings is 1. The van der Waals surface area contributed by atoms with Gasteiger partial charge in [-0.3, -0.25) is 4.99 Å². The summed E-state index contributed by atoms with van der Waals surface area (Å²) in [6.45, 7) is 6.34. The molecule has 2 rings (SSSR count). The number of anilines is 1. The van der Waals surface area contributed by atoms with Crippen molar-refractivity contribution in [2.75, 3.05) is 31.3 Å². The Hall–Kier alpha value is -1.40. The molecule has 3 N–H and O–H groups in total. The van der Waals surface area contributed by atoms with Crippen molar-refractivity contribution in [2.45, 2.75) is 37.5 Å². The first-order valence-electron chi connectivity index (χ1n) is 7.99. The molecular formula is C17H27N3O2S. The summed E-state index contributed by atoms with van der Waals surface area (Å²) in [4.78, 5) is 4.53. The minimum absolute atomic E-state index is 0.152. The number of hydrogen-bond acceptors (Lipinski definition) is 4. The Kier molecular flexibility index (Phi) is 6.59. The molecule has 1 aromatic carbocycles. The summed E-state index contributed by atoms with van der Waals surface area (Å²) in [6, 6.07) is 7.74. The first kappa shape index (κ1) is 17.9. The van der Waals surface area contributed by atoms with Gasteiger partial charge in [-0.15, -0.1) is 0 Å². The summed E-state index contributed by atoms with van der Waals surface area (Å²) < 4.78 is 11.2. The Morgan fingerprint density at radius 3 is 2.57 bits per heavy atom. The third-order valence-electron chi connectivity index (χ3n) is 3.87. The third-order valence-corrected chi connectivity index (χ3v) is 5.28. The van der Waals surface area contributed by atoms with Gasteiger partial charge in [-0.25, -0.2) is 0 Å². The van der Waals surface area contributed by atoms with E-state index in [2.05, 4.69) is 16.6 Å². The lowest BCUT2D eigenvalue weighted by atomic mass is 9.99. The number of thioether (sulfide) groups is 1. The zero-order valence-corrected chi connectivity index (χ0v) is 15.0. The van der Waals surface area contributed by atoms with Gasteiger partial charge in [-0.1, -0.05) is 0 Å². The molecule has 0 bridgehead atoms. The Balaban J connectivity index is 1.91. The first-order chi connectivity index (χ1) is 11.0. The molecule has 1 aliphatic rings. The van der Waals surface area contributed by atoms with Crippen molar-refractivity contribution in [3.05, 3.63) is 24.3 Å². The molecule has 0 aliphatic carbocycles. The standard InChI is InChI=1S/C17H27N3O2S/c1-13(2)22-15-6-4-14(5-7-15)20-16(18)19-12-17(23-3)8-10-21-11-9-17/h4-7,13H,8-12H2,1-3H3,(H3,18,19,20). The van der Waals surface area contributed by atoms with Gasteiger partial charge >= 0.3 is 0 Å². The molecule has 0 radical (unpaired) electrons. The number of aliphatic imine (C=N–C) groups is 1. The average Bonchev–Trinajstić information content (AvgIpc) is 2.55. The maximum atomic E-state index is 6.02. The summed E-state index contributed by atoms with van der Waals surface area (Å²) >= 11 is 1.86. The van der Waals surface area contributed by atoms with Crippen LogP contribution in [-0.4, -0.2) is 42.8 Å². The van der Waals surface area contributed by atoms with E-state index in [1.807, 2.05) is 49.9 Å². The van der Waals surface area contributed by atoms with Crippen LogP contribution in [0.25, 0.3) is 0 Å². The van der Waals surface area contributed by atoms with Crippen LogP contribution in [0.15, 0.2) is 29.3 Å². The predicted molar refractivity (Wildman–Crippen MR) is 98.6 cm³/mol. The lowest BCUT2D eigenvalue weighted by Gasteiger charge is -2.34. The molecule has 1 fully saturated rings. The number of nitrogens with two attached hydrogens (primary N) is 1. The van der Waals surface area contributed by atoms with Gasteiger partial charge < -0.3 is 20.5 Å². The molecule has 0 unspecified atom stereocenters. The van der Waals surface area contributed by atoms with Crippen LogP contribution in [0.4, 0.5) is 5.69 Å². The molecular weight excluding hydrogens is 310 g/mol. The summed E-state index contributed by atoms with van der Waals surface area (Å²) in [5, 5.41) is 3.14. The van der Waals surface area contributed by atoms with Crippen LogP contribution in [0.1, 0.15) is 26.7 Å². The van der Waals surface area contributed by atoms with E-state index < -0.39 is 0 Å². The smallest absolute Gasteiger partial charge is 0.193 e. The highest BCUT2D eigenvalue weighted by atomic mass is 32.2. The molecule has 0 aromatic heterocycles. The maximum Gasteiger partial charge on any atom is 0.193 e. The molecule has 0 saturated carbocycles. The van der Waals surface area contributed by atoms with Crippen molar-refractivity contribution in [2.24, 2.45) is 10.7 Å². The Bertz CT molecular complexity index is 511. The molecule has 1 aliphatic heterocycles. The van der Waals surface area contributed by atoms with Crippen LogP contribution in [0, 0.1) is 0 Å². The van der Waals surface area contributed by atoms with E-state index in [1.165, 1.54) is 0 Å². The number of rotatable bonds is 6. The van der Waals surface area contributed by atoms with Gasteiger partial charge in [-0.05, 0) is 57.2 Å². The van der Waals surface area contributed by atoms with Crippen molar-refractivity contribution in [3.8, 4) is 5.75 Å². The van der Waals surface area contributed by atoms with Gasteiger partial charge in [0, 0.05) is 23.6 Å². The molecule has 0 amide bonds. The van der Waals surface area contributed by atoms with E-state index >= 15 is 0 Å². The predicted octanol–water partition coefficient (Wildman–Crippen LogP) is 3.11. The van der Waals surface area contributed by atoms with Crippen LogP contribution < -0.4 is 15.8 Å². The second-order valence-corrected chi connectivity index (χ2v) is 7.29. The lowest BCUT2D eigenvalue weighted by molar-refractivity contribution is 0.0794. The van der Waals surface area contributed by atoms with E-state index in [-0.39, 0.29) is 10.9 Å². The van der Waals surface area contributed by atoms with Gasteiger partial charge in [-0.2, -0.15) is 11.8 Å². The second-order valence-electron chi connectivity index (χ2n) is 6.02. The molecule has 5 nitrogen and oxygen atoms in total. The zero-order valence-electron chi connectivity index (χ0n) is 14.2. The van der Waals surface area contributed by atoms with E-state index in [9.17, 15) is 0 Å². The number of nitrogens with one attached hydrogen (secondary N) is 1. The Labute approximate surface area is 143 Å².